The van der Waals surface area contributed by atoms with Gasteiger partial charge in [-0.3, -0.25) is 0 Å². The molecule has 5 nitrogen and oxygen atoms in total. The van der Waals surface area contributed by atoms with E-state index < -0.39 is 5.82 Å². The number of benzene rings is 1. The Hall–Kier alpha value is -2.98. The first-order valence-electron chi connectivity index (χ1n) is 11.8. The van der Waals surface area contributed by atoms with E-state index in [-0.39, 0.29) is 12.4 Å². The Bertz CT molecular complexity index is 1130. The molecular formula is C29H36FN2O3P. The standard InChI is InChI=1S/C29H36FN2O3P/c1-5-8-23-10-12-26(19-27(23)30)35-25(11-9-21(2)3)17-22(4)28-18-24(20-32-28)29(36)31-13-6-7-15-34-16-14-33/h8-12,17-20,29,31-33H,1-2,4,6-7,13-16,36H2,3H3. The molecule has 1 aromatic heterocycles. The maximum atomic E-state index is 14.3. The number of hydrogen-bond acceptors (Lipinski definition) is 4. The molecule has 2 aromatic rings. The summed E-state index contributed by atoms with van der Waals surface area (Å²) >= 11 is 0. The summed E-state index contributed by atoms with van der Waals surface area (Å²) in [4.78, 5) is 3.26. The van der Waals surface area contributed by atoms with Crippen molar-refractivity contribution in [2.24, 2.45) is 0 Å². The quantitative estimate of drug-likeness (QED) is 0.0814. The fourth-order valence-electron chi connectivity index (χ4n) is 3.17. The zero-order chi connectivity index (χ0) is 26.3. The number of ether oxygens (including phenoxy) is 2. The van der Waals surface area contributed by atoms with Crippen LogP contribution < -0.4 is 10.1 Å². The molecule has 2 unspecified atom stereocenters. The second kappa shape index (κ2) is 15.9. The van der Waals surface area contributed by atoms with Crippen LogP contribution in [0.25, 0.3) is 11.6 Å². The van der Waals surface area contributed by atoms with Gasteiger partial charge in [0.2, 0.25) is 0 Å². The molecule has 0 bridgehead atoms. The van der Waals surface area contributed by atoms with Crippen molar-refractivity contribution in [3.05, 3.63) is 108 Å². The van der Waals surface area contributed by atoms with Gasteiger partial charge in [0, 0.05) is 35.9 Å². The van der Waals surface area contributed by atoms with Crippen LogP contribution in [0.1, 0.15) is 42.4 Å². The molecule has 1 heterocycles. The first kappa shape index (κ1) is 29.3. The Kier molecular flexibility index (Phi) is 12.9. The third-order valence-corrected chi connectivity index (χ3v) is 5.66. The van der Waals surface area contributed by atoms with Gasteiger partial charge in [0.1, 0.15) is 17.3 Å². The lowest BCUT2D eigenvalue weighted by atomic mass is 10.1. The molecule has 0 saturated carbocycles. The van der Waals surface area contributed by atoms with E-state index in [9.17, 15) is 4.39 Å². The van der Waals surface area contributed by atoms with Crippen LogP contribution in [0.15, 0.2) is 85.5 Å². The van der Waals surface area contributed by atoms with E-state index in [1.165, 1.54) is 12.1 Å². The number of allylic oxidation sites excluding steroid dienone is 5. The molecular weight excluding hydrogens is 474 g/mol. The van der Waals surface area contributed by atoms with Crippen LogP contribution in [-0.4, -0.2) is 36.5 Å². The van der Waals surface area contributed by atoms with Crippen LogP contribution in [0.5, 0.6) is 5.75 Å². The van der Waals surface area contributed by atoms with Crippen molar-refractivity contribution in [3.63, 3.8) is 0 Å². The van der Waals surface area contributed by atoms with Gasteiger partial charge in [-0.15, -0.1) is 15.0 Å². The van der Waals surface area contributed by atoms with Crippen LogP contribution in [0, 0.1) is 5.82 Å². The number of halogens is 1. The number of aliphatic hydroxyl groups is 1. The number of hydrogen-bond donors (Lipinski definition) is 3. The summed E-state index contributed by atoms with van der Waals surface area (Å²) in [6.07, 6.45) is 10.7. The largest absolute Gasteiger partial charge is 0.457 e. The highest BCUT2D eigenvalue weighted by atomic mass is 31.0. The van der Waals surface area contributed by atoms with Crippen molar-refractivity contribution in [1.82, 2.24) is 10.3 Å². The Labute approximate surface area is 216 Å². The topological polar surface area (TPSA) is 66.5 Å². The van der Waals surface area contributed by atoms with E-state index in [2.05, 4.69) is 45.0 Å². The second-order valence-electron chi connectivity index (χ2n) is 8.21. The fraction of sp³-hybridized carbons (Fsp3) is 0.276. The number of nitrogens with one attached hydrogen (secondary N) is 2. The third kappa shape index (κ3) is 10.3. The van der Waals surface area contributed by atoms with Gasteiger partial charge in [0.25, 0.3) is 0 Å². The van der Waals surface area contributed by atoms with E-state index >= 15 is 0 Å². The highest BCUT2D eigenvalue weighted by Crippen LogP contribution is 2.26. The normalized spacial score (nSPS) is 12.4. The van der Waals surface area contributed by atoms with Gasteiger partial charge in [-0.2, -0.15) is 0 Å². The summed E-state index contributed by atoms with van der Waals surface area (Å²) in [6, 6.07) is 6.66. The molecule has 2 atom stereocenters. The highest BCUT2D eigenvalue weighted by Gasteiger charge is 2.10. The average molecular weight is 511 g/mol. The summed E-state index contributed by atoms with van der Waals surface area (Å²) in [7, 11) is 2.80. The molecule has 0 radical (unpaired) electrons. The number of aromatic nitrogens is 1. The summed E-state index contributed by atoms with van der Waals surface area (Å²) in [5.74, 6) is 0.517. The monoisotopic (exact) mass is 510 g/mol. The van der Waals surface area contributed by atoms with Crippen molar-refractivity contribution >= 4 is 20.9 Å². The predicted molar refractivity (Wildman–Crippen MR) is 150 cm³/mol. The van der Waals surface area contributed by atoms with Gasteiger partial charge in [0.05, 0.1) is 13.2 Å². The number of rotatable bonds is 16. The number of aliphatic hydroxyl groups excluding tert-OH is 1. The molecule has 7 heteroatoms. The van der Waals surface area contributed by atoms with Crippen molar-refractivity contribution in [3.8, 4) is 5.75 Å². The smallest absolute Gasteiger partial charge is 0.134 e. The van der Waals surface area contributed by atoms with Crippen LogP contribution in [0.2, 0.25) is 0 Å². The molecule has 0 fully saturated rings. The number of H-pyrrole nitrogens is 1. The Morgan fingerprint density at radius 1 is 1.25 bits per heavy atom. The molecule has 192 valence electrons. The number of aromatic amines is 1. The number of unbranched alkanes of at least 4 members (excludes halogenated alkanes) is 1. The fourth-order valence-corrected chi connectivity index (χ4v) is 3.53. The lowest BCUT2D eigenvalue weighted by Gasteiger charge is -2.12. The highest BCUT2D eigenvalue weighted by molar-refractivity contribution is 7.17. The average Bonchev–Trinajstić information content (AvgIpc) is 3.34. The molecule has 0 aliphatic carbocycles. The van der Waals surface area contributed by atoms with Crippen molar-refractivity contribution in [1.29, 1.82) is 0 Å². The summed E-state index contributed by atoms with van der Waals surface area (Å²) in [5, 5.41) is 12.2. The molecule has 0 spiro atoms. The Morgan fingerprint density at radius 3 is 2.75 bits per heavy atom. The van der Waals surface area contributed by atoms with Gasteiger partial charge in [-0.25, -0.2) is 4.39 Å². The zero-order valence-corrected chi connectivity index (χ0v) is 22.0. The first-order chi connectivity index (χ1) is 17.3. The van der Waals surface area contributed by atoms with E-state index in [0.29, 0.717) is 35.9 Å². The van der Waals surface area contributed by atoms with Gasteiger partial charge >= 0.3 is 0 Å². The van der Waals surface area contributed by atoms with Gasteiger partial charge in [0.15, 0.2) is 0 Å². The molecule has 0 aliphatic rings. The van der Waals surface area contributed by atoms with Gasteiger partial charge in [-0.05, 0) is 73.9 Å². The van der Waals surface area contributed by atoms with Crippen molar-refractivity contribution in [2.75, 3.05) is 26.4 Å². The van der Waals surface area contributed by atoms with E-state index in [4.69, 9.17) is 14.6 Å². The lowest BCUT2D eigenvalue weighted by Crippen LogP contribution is -2.17. The Balaban J connectivity index is 2.05. The Morgan fingerprint density at radius 2 is 2.06 bits per heavy atom. The van der Waals surface area contributed by atoms with Gasteiger partial charge in [-0.1, -0.05) is 31.4 Å². The molecule has 36 heavy (non-hydrogen) atoms. The van der Waals surface area contributed by atoms with Crippen LogP contribution >= 0.6 is 9.24 Å². The minimum atomic E-state index is -0.420. The third-order valence-electron chi connectivity index (χ3n) is 5.04. The van der Waals surface area contributed by atoms with Crippen molar-refractivity contribution in [2.45, 2.75) is 25.5 Å². The minimum absolute atomic E-state index is 0.0552. The molecule has 2 rings (SSSR count). The van der Waals surface area contributed by atoms with Crippen molar-refractivity contribution < 1.29 is 19.0 Å². The second-order valence-corrected chi connectivity index (χ2v) is 8.87. The molecule has 3 N–H and O–H groups in total. The summed E-state index contributed by atoms with van der Waals surface area (Å²) < 4.78 is 25.5. The SMILES string of the molecule is C=C=Cc1ccc(OC(C=CC(=C)C)=CC(=C)c2cc(C(P)NCCCCOCCO)c[nH]2)cc1F. The van der Waals surface area contributed by atoms with Gasteiger partial charge < -0.3 is 24.9 Å². The van der Waals surface area contributed by atoms with Crippen LogP contribution in [0.4, 0.5) is 4.39 Å². The summed E-state index contributed by atoms with van der Waals surface area (Å²) in [6.45, 7) is 15.4. The maximum Gasteiger partial charge on any atom is 0.134 e. The lowest BCUT2D eigenvalue weighted by molar-refractivity contribution is 0.0898. The minimum Gasteiger partial charge on any atom is -0.457 e. The predicted octanol–water partition coefficient (Wildman–Crippen LogP) is 6.31. The molecule has 1 aromatic carbocycles. The first-order valence-corrected chi connectivity index (χ1v) is 12.4. The van der Waals surface area contributed by atoms with E-state index in [1.807, 2.05) is 25.3 Å². The van der Waals surface area contributed by atoms with E-state index in [1.54, 1.807) is 24.3 Å². The summed E-state index contributed by atoms with van der Waals surface area (Å²) in [5.41, 5.74) is 6.45. The molecule has 0 amide bonds. The molecule has 0 aliphatic heterocycles. The van der Waals surface area contributed by atoms with Crippen LogP contribution in [-0.2, 0) is 4.74 Å². The zero-order valence-electron chi connectivity index (χ0n) is 20.9. The van der Waals surface area contributed by atoms with Crippen LogP contribution in [0.3, 0.4) is 0 Å². The molecule has 0 saturated heterocycles. The van der Waals surface area contributed by atoms with E-state index in [0.717, 1.165) is 36.2 Å². The maximum absolute atomic E-state index is 14.3.